The molecule has 2 heterocycles. The zero-order valence-corrected chi connectivity index (χ0v) is 8.86. The van der Waals surface area contributed by atoms with Gasteiger partial charge in [-0.1, -0.05) is 17.7 Å². The summed E-state index contributed by atoms with van der Waals surface area (Å²) in [6.07, 6.45) is 1.78. The molecular formula is C8H5ClN2S2. The highest BCUT2D eigenvalue weighted by molar-refractivity contribution is 8.00. The van der Waals surface area contributed by atoms with Crippen molar-refractivity contribution in [3.8, 4) is 0 Å². The molecule has 0 saturated heterocycles. The van der Waals surface area contributed by atoms with E-state index in [0.29, 0.717) is 5.15 Å². The Morgan fingerprint density at radius 2 is 2.31 bits per heavy atom. The summed E-state index contributed by atoms with van der Waals surface area (Å²) in [6, 6.07) is 5.55. The topological polar surface area (TPSA) is 25.8 Å². The second kappa shape index (κ2) is 4.09. The lowest BCUT2D eigenvalue weighted by atomic mass is 10.5. The van der Waals surface area contributed by atoms with Crippen LogP contribution in [0.25, 0.3) is 0 Å². The number of nitrogens with zero attached hydrogens (tertiary/aromatic N) is 2. The van der Waals surface area contributed by atoms with Gasteiger partial charge in [0.15, 0.2) is 4.34 Å². The van der Waals surface area contributed by atoms with Crippen LogP contribution in [0.4, 0.5) is 0 Å². The number of hydrogen-bond acceptors (Lipinski definition) is 4. The predicted molar refractivity (Wildman–Crippen MR) is 55.5 cm³/mol. The van der Waals surface area contributed by atoms with Crippen LogP contribution in [0.5, 0.6) is 0 Å². The number of hydrogen-bond donors (Lipinski definition) is 0. The highest BCUT2D eigenvalue weighted by Gasteiger charge is 2.00. The lowest BCUT2D eigenvalue weighted by molar-refractivity contribution is 1.12. The Morgan fingerprint density at radius 3 is 3.00 bits per heavy atom. The molecule has 13 heavy (non-hydrogen) atoms. The van der Waals surface area contributed by atoms with Gasteiger partial charge in [-0.15, -0.1) is 11.3 Å². The van der Waals surface area contributed by atoms with Crippen molar-refractivity contribution in [1.29, 1.82) is 0 Å². The Kier molecular flexibility index (Phi) is 2.83. The van der Waals surface area contributed by atoms with E-state index in [-0.39, 0.29) is 0 Å². The van der Waals surface area contributed by atoms with Gasteiger partial charge >= 0.3 is 0 Å². The first kappa shape index (κ1) is 8.99. The van der Waals surface area contributed by atoms with Crippen LogP contribution in [-0.2, 0) is 0 Å². The molecule has 0 atom stereocenters. The molecule has 0 aliphatic heterocycles. The van der Waals surface area contributed by atoms with Gasteiger partial charge in [0.1, 0.15) is 10.2 Å². The molecule has 0 spiro atoms. The third-order valence-corrected chi connectivity index (χ3v) is 3.32. The van der Waals surface area contributed by atoms with Crippen molar-refractivity contribution in [2.24, 2.45) is 0 Å². The Morgan fingerprint density at radius 1 is 1.38 bits per heavy atom. The molecular weight excluding hydrogens is 224 g/mol. The largest absolute Gasteiger partial charge is 0.238 e. The number of rotatable bonds is 2. The monoisotopic (exact) mass is 228 g/mol. The fourth-order valence-corrected chi connectivity index (χ4v) is 2.57. The average molecular weight is 229 g/mol. The van der Waals surface area contributed by atoms with Crippen LogP contribution in [-0.4, -0.2) is 9.97 Å². The molecule has 2 rings (SSSR count). The number of halogens is 1. The maximum atomic E-state index is 5.74. The van der Waals surface area contributed by atoms with Crippen molar-refractivity contribution in [3.63, 3.8) is 0 Å². The van der Waals surface area contributed by atoms with Gasteiger partial charge < -0.3 is 0 Å². The minimum Gasteiger partial charge on any atom is -0.238 e. The number of thiazole rings is 1. The van der Waals surface area contributed by atoms with Crippen molar-refractivity contribution in [2.75, 3.05) is 0 Å². The van der Waals surface area contributed by atoms with Crippen LogP contribution in [0.1, 0.15) is 0 Å². The maximum Gasteiger partial charge on any atom is 0.156 e. The number of pyridine rings is 1. The Labute approximate surface area is 89.0 Å². The van der Waals surface area contributed by atoms with Crippen molar-refractivity contribution >= 4 is 34.7 Å². The summed E-state index contributed by atoms with van der Waals surface area (Å²) < 4.78 is 0.981. The molecule has 0 saturated carbocycles. The van der Waals surface area contributed by atoms with Gasteiger partial charge in [0.2, 0.25) is 0 Å². The molecule has 5 heteroatoms. The first-order valence-corrected chi connectivity index (χ1v) is 5.62. The minimum absolute atomic E-state index is 0.515. The van der Waals surface area contributed by atoms with Gasteiger partial charge in [-0.25, -0.2) is 9.97 Å². The third kappa shape index (κ3) is 2.43. The van der Waals surface area contributed by atoms with Crippen LogP contribution in [0.2, 0.25) is 5.15 Å². The molecule has 0 amide bonds. The standard InChI is InChI=1S/C8H5ClN2S2/c9-6-2-1-3-7(11-6)13-8-10-4-5-12-8/h1-5H. The van der Waals surface area contributed by atoms with Gasteiger partial charge in [-0.3, -0.25) is 0 Å². The zero-order valence-electron chi connectivity index (χ0n) is 6.48. The molecule has 2 aromatic heterocycles. The van der Waals surface area contributed by atoms with E-state index in [1.165, 1.54) is 11.8 Å². The fourth-order valence-electron chi connectivity index (χ4n) is 0.797. The van der Waals surface area contributed by atoms with Crippen LogP contribution < -0.4 is 0 Å². The van der Waals surface area contributed by atoms with Crippen LogP contribution >= 0.6 is 34.7 Å². The molecule has 0 aromatic carbocycles. The van der Waals surface area contributed by atoms with Gasteiger partial charge in [0.05, 0.1) is 0 Å². The summed E-state index contributed by atoms with van der Waals surface area (Å²) in [7, 11) is 0. The molecule has 0 bridgehead atoms. The Balaban J connectivity index is 2.19. The smallest absolute Gasteiger partial charge is 0.156 e. The van der Waals surface area contributed by atoms with Crippen LogP contribution in [0, 0.1) is 0 Å². The van der Waals surface area contributed by atoms with Crippen molar-refractivity contribution in [2.45, 2.75) is 9.37 Å². The molecule has 0 unspecified atom stereocenters. The van der Waals surface area contributed by atoms with E-state index in [1.807, 2.05) is 17.5 Å². The van der Waals surface area contributed by atoms with Crippen LogP contribution in [0.3, 0.4) is 0 Å². The van der Waals surface area contributed by atoms with Gasteiger partial charge in [-0.05, 0) is 23.9 Å². The highest BCUT2D eigenvalue weighted by atomic mass is 35.5. The Bertz CT molecular complexity index is 389. The second-order valence-corrected chi connectivity index (χ2v) is 4.75. The fraction of sp³-hybridized carbons (Fsp3) is 0. The Hall–Kier alpha value is -0.580. The van der Waals surface area contributed by atoms with E-state index >= 15 is 0 Å². The summed E-state index contributed by atoms with van der Waals surface area (Å²) in [6.45, 7) is 0. The summed E-state index contributed by atoms with van der Waals surface area (Å²) in [5.74, 6) is 0. The van der Waals surface area contributed by atoms with Gasteiger partial charge in [0.25, 0.3) is 0 Å². The highest BCUT2D eigenvalue weighted by Crippen LogP contribution is 2.27. The first-order chi connectivity index (χ1) is 6.34. The molecule has 2 nitrogen and oxygen atoms in total. The maximum absolute atomic E-state index is 5.74. The number of aromatic nitrogens is 2. The lowest BCUT2D eigenvalue weighted by Crippen LogP contribution is -1.78. The van der Waals surface area contributed by atoms with E-state index in [0.717, 1.165) is 9.37 Å². The van der Waals surface area contributed by atoms with Crippen molar-refractivity contribution < 1.29 is 0 Å². The summed E-state index contributed by atoms with van der Waals surface area (Å²) in [5, 5.41) is 3.33. The van der Waals surface area contributed by atoms with E-state index < -0.39 is 0 Å². The predicted octanol–water partition coefficient (Wildman–Crippen LogP) is 3.34. The molecule has 0 radical (unpaired) electrons. The molecule has 0 fully saturated rings. The summed E-state index contributed by atoms with van der Waals surface area (Å²) >= 11 is 8.86. The normalized spacial score (nSPS) is 10.2. The lowest BCUT2D eigenvalue weighted by Gasteiger charge is -1.95. The molecule has 66 valence electrons. The third-order valence-electron chi connectivity index (χ3n) is 1.29. The quantitative estimate of drug-likeness (QED) is 0.738. The molecule has 0 aliphatic rings. The van der Waals surface area contributed by atoms with E-state index in [9.17, 15) is 0 Å². The molecule has 0 aliphatic carbocycles. The van der Waals surface area contributed by atoms with Crippen molar-refractivity contribution in [1.82, 2.24) is 9.97 Å². The molecule has 0 N–H and O–H groups in total. The van der Waals surface area contributed by atoms with E-state index in [4.69, 9.17) is 11.6 Å². The second-order valence-electron chi connectivity index (χ2n) is 2.20. The zero-order chi connectivity index (χ0) is 9.10. The minimum atomic E-state index is 0.515. The summed E-state index contributed by atoms with van der Waals surface area (Å²) in [4.78, 5) is 8.28. The van der Waals surface area contributed by atoms with E-state index in [2.05, 4.69) is 9.97 Å². The van der Waals surface area contributed by atoms with Gasteiger partial charge in [-0.2, -0.15) is 0 Å². The molecule has 2 aromatic rings. The summed E-state index contributed by atoms with van der Waals surface area (Å²) in [5.41, 5.74) is 0. The van der Waals surface area contributed by atoms with Gasteiger partial charge in [0, 0.05) is 11.6 Å². The average Bonchev–Trinajstić information content (AvgIpc) is 2.57. The van der Waals surface area contributed by atoms with Crippen molar-refractivity contribution in [3.05, 3.63) is 34.9 Å². The SMILES string of the molecule is Clc1cccc(Sc2nccs2)n1. The first-order valence-electron chi connectivity index (χ1n) is 3.54. The van der Waals surface area contributed by atoms with Crippen LogP contribution in [0.15, 0.2) is 39.1 Å². The van der Waals surface area contributed by atoms with E-state index in [1.54, 1.807) is 23.6 Å².